The minimum Gasteiger partial charge on any atom is -0.338 e. The molecule has 1 aromatic heterocycles. The van der Waals surface area contributed by atoms with E-state index >= 15 is 0 Å². The van der Waals surface area contributed by atoms with Crippen molar-refractivity contribution >= 4 is 33.3 Å². The third-order valence-electron chi connectivity index (χ3n) is 4.65. The van der Waals surface area contributed by atoms with Crippen molar-refractivity contribution in [1.82, 2.24) is 19.5 Å². The highest BCUT2D eigenvalue weighted by Crippen LogP contribution is 2.13. The highest BCUT2D eigenvalue weighted by atomic mass is 32.2. The first-order valence-corrected chi connectivity index (χ1v) is 11.5. The van der Waals surface area contributed by atoms with E-state index in [1.807, 2.05) is 10.4 Å². The Hall–Kier alpha value is -2.07. The highest BCUT2D eigenvalue weighted by Gasteiger charge is 2.18. The lowest BCUT2D eigenvalue weighted by Gasteiger charge is -2.20. The number of nitrogens with one attached hydrogen (secondary N) is 1. The lowest BCUT2D eigenvalue weighted by molar-refractivity contribution is -0.125. The number of thiazole rings is 1. The van der Waals surface area contributed by atoms with Crippen LogP contribution in [0.15, 0.2) is 46.1 Å². The summed E-state index contributed by atoms with van der Waals surface area (Å²) < 4.78 is 25.8. The average molecular weight is 421 g/mol. The lowest BCUT2D eigenvalue weighted by atomic mass is 10.2. The van der Waals surface area contributed by atoms with Crippen molar-refractivity contribution in [3.8, 4) is 0 Å². The smallest absolute Gasteiger partial charge is 0.246 e. The SMILES string of the molecule is CNS(=O)(=O)c1ccc(/C=C/C(=O)N2CCCN(Cc3cscn3)CC2)cc1. The van der Waals surface area contributed by atoms with Gasteiger partial charge in [-0.25, -0.2) is 18.1 Å². The number of amides is 1. The van der Waals surface area contributed by atoms with E-state index in [0.29, 0.717) is 6.54 Å². The zero-order valence-corrected chi connectivity index (χ0v) is 17.4. The van der Waals surface area contributed by atoms with Gasteiger partial charge in [-0.2, -0.15) is 0 Å². The standard InChI is InChI=1S/C19H24N4O3S2/c1-20-28(25,26)18-6-3-16(4-7-18)5-8-19(24)23-10-2-9-22(11-12-23)13-17-14-27-15-21-17/h3-8,14-15,20H,2,9-13H2,1H3/b8-5+. The van der Waals surface area contributed by atoms with Crippen LogP contribution in [0.2, 0.25) is 0 Å². The van der Waals surface area contributed by atoms with Gasteiger partial charge < -0.3 is 4.90 Å². The van der Waals surface area contributed by atoms with E-state index in [9.17, 15) is 13.2 Å². The molecule has 1 aliphatic rings. The van der Waals surface area contributed by atoms with Gasteiger partial charge >= 0.3 is 0 Å². The molecule has 150 valence electrons. The number of aromatic nitrogens is 1. The maximum absolute atomic E-state index is 12.5. The normalized spacial score (nSPS) is 16.4. The Morgan fingerprint density at radius 1 is 1.21 bits per heavy atom. The van der Waals surface area contributed by atoms with Crippen LogP contribution in [-0.2, 0) is 21.4 Å². The van der Waals surface area contributed by atoms with E-state index in [1.165, 1.54) is 19.2 Å². The molecule has 1 saturated heterocycles. The van der Waals surface area contributed by atoms with Gasteiger partial charge in [0, 0.05) is 44.2 Å². The van der Waals surface area contributed by atoms with E-state index in [2.05, 4.69) is 20.0 Å². The predicted octanol–water partition coefficient (Wildman–Crippen LogP) is 1.80. The van der Waals surface area contributed by atoms with Crippen LogP contribution in [0.1, 0.15) is 17.7 Å². The quantitative estimate of drug-likeness (QED) is 0.721. The van der Waals surface area contributed by atoms with Gasteiger partial charge in [0.05, 0.1) is 16.1 Å². The molecular formula is C19H24N4O3S2. The fraction of sp³-hybridized carbons (Fsp3) is 0.368. The van der Waals surface area contributed by atoms with Crippen LogP contribution in [0.5, 0.6) is 0 Å². The number of carbonyl (C=O) groups is 1. The summed E-state index contributed by atoms with van der Waals surface area (Å²) in [6, 6.07) is 6.43. The van der Waals surface area contributed by atoms with Crippen molar-refractivity contribution in [2.75, 3.05) is 33.2 Å². The maximum atomic E-state index is 12.5. The molecular weight excluding hydrogens is 396 g/mol. The largest absolute Gasteiger partial charge is 0.338 e. The third kappa shape index (κ3) is 5.48. The van der Waals surface area contributed by atoms with Crippen LogP contribution in [0.4, 0.5) is 0 Å². The maximum Gasteiger partial charge on any atom is 0.246 e. The molecule has 0 atom stereocenters. The second-order valence-corrected chi connectivity index (χ2v) is 9.15. The average Bonchev–Trinajstić information content (AvgIpc) is 3.10. The zero-order valence-electron chi connectivity index (χ0n) is 15.7. The van der Waals surface area contributed by atoms with Gasteiger partial charge in [0.2, 0.25) is 15.9 Å². The first-order chi connectivity index (χ1) is 13.5. The van der Waals surface area contributed by atoms with E-state index in [-0.39, 0.29) is 10.8 Å². The molecule has 28 heavy (non-hydrogen) atoms. The summed E-state index contributed by atoms with van der Waals surface area (Å²) in [5.41, 5.74) is 3.70. The van der Waals surface area contributed by atoms with Crippen molar-refractivity contribution in [1.29, 1.82) is 0 Å². The number of sulfonamides is 1. The molecule has 0 spiro atoms. The van der Waals surface area contributed by atoms with Crippen molar-refractivity contribution in [2.45, 2.75) is 17.9 Å². The summed E-state index contributed by atoms with van der Waals surface area (Å²) in [6.07, 6.45) is 4.20. The molecule has 0 unspecified atom stereocenters. The van der Waals surface area contributed by atoms with Crippen molar-refractivity contribution in [3.63, 3.8) is 0 Å². The van der Waals surface area contributed by atoms with Gasteiger partial charge in [-0.15, -0.1) is 11.3 Å². The molecule has 1 fully saturated rings. The molecule has 0 bridgehead atoms. The number of nitrogens with zero attached hydrogens (tertiary/aromatic N) is 3. The van der Waals surface area contributed by atoms with Crippen molar-refractivity contribution in [2.24, 2.45) is 0 Å². The number of carbonyl (C=O) groups excluding carboxylic acids is 1. The molecule has 1 amide bonds. The number of hydrogen-bond acceptors (Lipinski definition) is 6. The Morgan fingerprint density at radius 2 is 2.00 bits per heavy atom. The zero-order chi connectivity index (χ0) is 20.0. The second-order valence-electron chi connectivity index (χ2n) is 6.54. The van der Waals surface area contributed by atoms with Gasteiger partial charge in [-0.1, -0.05) is 12.1 Å². The Bertz CT molecular complexity index is 909. The fourth-order valence-corrected chi connectivity index (χ4v) is 4.32. The predicted molar refractivity (Wildman–Crippen MR) is 110 cm³/mol. The van der Waals surface area contributed by atoms with Crippen LogP contribution in [0, 0.1) is 0 Å². The molecule has 3 rings (SSSR count). The van der Waals surface area contributed by atoms with E-state index < -0.39 is 10.0 Å². The van der Waals surface area contributed by atoms with Gasteiger partial charge in [0.15, 0.2) is 0 Å². The highest BCUT2D eigenvalue weighted by molar-refractivity contribution is 7.89. The summed E-state index contributed by atoms with van der Waals surface area (Å²) in [4.78, 5) is 21.2. The third-order valence-corrected chi connectivity index (χ3v) is 6.71. The van der Waals surface area contributed by atoms with Crippen molar-refractivity contribution < 1.29 is 13.2 Å². The van der Waals surface area contributed by atoms with Crippen molar-refractivity contribution in [3.05, 3.63) is 52.5 Å². The van der Waals surface area contributed by atoms with Gasteiger partial charge in [0.25, 0.3) is 0 Å². The number of rotatable bonds is 6. The Labute approximate surface area is 169 Å². The number of hydrogen-bond donors (Lipinski definition) is 1. The van der Waals surface area contributed by atoms with Crippen LogP contribution >= 0.6 is 11.3 Å². The summed E-state index contributed by atoms with van der Waals surface area (Å²) in [7, 11) is -2.07. The Morgan fingerprint density at radius 3 is 2.68 bits per heavy atom. The topological polar surface area (TPSA) is 82.6 Å². The van der Waals surface area contributed by atoms with Gasteiger partial charge in [-0.05, 0) is 37.2 Å². The van der Waals surface area contributed by atoms with Crippen LogP contribution in [-0.4, -0.2) is 62.3 Å². The summed E-state index contributed by atoms with van der Waals surface area (Å²) in [6.45, 7) is 4.02. The van der Waals surface area contributed by atoms with Crippen LogP contribution < -0.4 is 4.72 Å². The van der Waals surface area contributed by atoms with Crippen LogP contribution in [0.25, 0.3) is 6.08 Å². The van der Waals surface area contributed by atoms with E-state index in [4.69, 9.17) is 0 Å². The summed E-state index contributed by atoms with van der Waals surface area (Å²) in [5.74, 6) is -0.0255. The molecule has 1 aliphatic heterocycles. The molecule has 0 radical (unpaired) electrons. The molecule has 0 saturated carbocycles. The molecule has 7 nitrogen and oxygen atoms in total. The Kier molecular flexibility index (Phi) is 6.95. The Balaban J connectivity index is 1.55. The molecule has 0 aliphatic carbocycles. The van der Waals surface area contributed by atoms with E-state index in [1.54, 1.807) is 35.6 Å². The molecule has 1 N–H and O–H groups in total. The summed E-state index contributed by atoms with van der Waals surface area (Å²) in [5, 5.41) is 2.06. The van der Waals surface area contributed by atoms with E-state index in [0.717, 1.165) is 43.9 Å². The van der Waals surface area contributed by atoms with Crippen LogP contribution in [0.3, 0.4) is 0 Å². The van der Waals surface area contributed by atoms with Gasteiger partial charge in [-0.3, -0.25) is 9.69 Å². The number of benzene rings is 1. The first-order valence-electron chi connectivity index (χ1n) is 9.08. The molecule has 2 aromatic rings. The lowest BCUT2D eigenvalue weighted by Crippen LogP contribution is -2.34. The minimum atomic E-state index is -3.45. The molecule has 2 heterocycles. The summed E-state index contributed by atoms with van der Waals surface area (Å²) >= 11 is 1.60. The first kappa shape index (κ1) is 20.7. The molecule has 9 heteroatoms. The second kappa shape index (κ2) is 9.42. The van der Waals surface area contributed by atoms with Gasteiger partial charge in [0.1, 0.15) is 0 Å². The monoisotopic (exact) mass is 420 g/mol. The minimum absolute atomic E-state index is 0.0255. The molecule has 1 aromatic carbocycles. The fourth-order valence-electron chi connectivity index (χ4n) is 3.04.